The summed E-state index contributed by atoms with van der Waals surface area (Å²) in [6.45, 7) is 2.34. The van der Waals surface area contributed by atoms with E-state index in [0.717, 1.165) is 10.9 Å². The van der Waals surface area contributed by atoms with Gasteiger partial charge in [-0.25, -0.2) is 13.1 Å². The molecule has 0 spiro atoms. The van der Waals surface area contributed by atoms with Crippen LogP contribution in [-0.4, -0.2) is 15.0 Å². The van der Waals surface area contributed by atoms with Gasteiger partial charge in [-0.2, -0.15) is 0 Å². The standard InChI is InChI=1S/C9H10Br3NO2S/c1-2-5-13-16(14,15)7-4-3-6(10)8(11)9(7)12/h3-4,13H,2,5H2,1H3. The maximum Gasteiger partial charge on any atom is 0.241 e. The van der Waals surface area contributed by atoms with Gasteiger partial charge < -0.3 is 0 Å². The fourth-order valence-corrected chi connectivity index (χ4v) is 4.30. The number of halogens is 3. The quantitative estimate of drug-likeness (QED) is 0.733. The zero-order chi connectivity index (χ0) is 12.3. The number of rotatable bonds is 4. The molecular formula is C9H10Br3NO2S. The lowest BCUT2D eigenvalue weighted by Crippen LogP contribution is -2.24. The van der Waals surface area contributed by atoms with Crippen LogP contribution in [0.1, 0.15) is 13.3 Å². The molecule has 0 aromatic heterocycles. The van der Waals surface area contributed by atoms with Crippen molar-refractivity contribution < 1.29 is 8.42 Å². The van der Waals surface area contributed by atoms with E-state index in [1.807, 2.05) is 6.92 Å². The van der Waals surface area contributed by atoms with Gasteiger partial charge in [-0.15, -0.1) is 0 Å². The summed E-state index contributed by atoms with van der Waals surface area (Å²) in [6, 6.07) is 3.24. The summed E-state index contributed by atoms with van der Waals surface area (Å²) in [5.41, 5.74) is 0. The lowest BCUT2D eigenvalue weighted by Gasteiger charge is -2.09. The second-order valence-corrected chi connectivity index (χ2v) is 7.25. The molecule has 0 aliphatic rings. The number of benzene rings is 1. The van der Waals surface area contributed by atoms with E-state index in [1.54, 1.807) is 12.1 Å². The fraction of sp³-hybridized carbons (Fsp3) is 0.333. The number of sulfonamides is 1. The molecule has 0 aliphatic carbocycles. The van der Waals surface area contributed by atoms with Gasteiger partial charge in [0.1, 0.15) is 0 Å². The number of hydrogen-bond acceptors (Lipinski definition) is 2. The van der Waals surface area contributed by atoms with Gasteiger partial charge in [0.2, 0.25) is 10.0 Å². The Bertz CT molecular complexity index is 488. The van der Waals surface area contributed by atoms with E-state index in [-0.39, 0.29) is 4.90 Å². The molecule has 0 heterocycles. The Balaban J connectivity index is 3.19. The molecule has 7 heteroatoms. The third-order valence-corrected chi connectivity index (χ3v) is 6.97. The smallest absolute Gasteiger partial charge is 0.211 e. The average Bonchev–Trinajstić information content (AvgIpc) is 2.23. The molecule has 16 heavy (non-hydrogen) atoms. The fourth-order valence-electron chi connectivity index (χ4n) is 1.03. The Kier molecular flexibility index (Phi) is 5.44. The molecule has 0 saturated heterocycles. The first-order valence-electron chi connectivity index (χ1n) is 4.53. The van der Waals surface area contributed by atoms with E-state index < -0.39 is 10.0 Å². The third-order valence-electron chi connectivity index (χ3n) is 1.83. The SMILES string of the molecule is CCCNS(=O)(=O)c1ccc(Br)c(Br)c1Br. The van der Waals surface area contributed by atoms with Gasteiger partial charge in [0.05, 0.1) is 9.37 Å². The van der Waals surface area contributed by atoms with E-state index in [1.165, 1.54) is 0 Å². The summed E-state index contributed by atoms with van der Waals surface area (Å²) in [5.74, 6) is 0. The van der Waals surface area contributed by atoms with Crippen LogP contribution in [0.4, 0.5) is 0 Å². The average molecular weight is 436 g/mol. The summed E-state index contributed by atoms with van der Waals surface area (Å²) >= 11 is 9.87. The normalized spacial score (nSPS) is 11.8. The van der Waals surface area contributed by atoms with Gasteiger partial charge in [-0.05, 0) is 66.3 Å². The van der Waals surface area contributed by atoms with Crippen LogP contribution in [0.2, 0.25) is 0 Å². The highest BCUT2D eigenvalue weighted by molar-refractivity contribution is 9.14. The molecule has 3 nitrogen and oxygen atoms in total. The zero-order valence-electron chi connectivity index (χ0n) is 8.43. The Hall–Kier alpha value is 0.570. The summed E-state index contributed by atoms with van der Waals surface area (Å²) in [7, 11) is -3.44. The van der Waals surface area contributed by atoms with Gasteiger partial charge in [-0.1, -0.05) is 6.92 Å². The van der Waals surface area contributed by atoms with Crippen LogP contribution < -0.4 is 4.72 Å². The predicted molar refractivity (Wildman–Crippen MR) is 75.0 cm³/mol. The van der Waals surface area contributed by atoms with Gasteiger partial charge in [0.15, 0.2) is 0 Å². The molecule has 0 atom stereocenters. The molecule has 1 N–H and O–H groups in total. The van der Waals surface area contributed by atoms with E-state index >= 15 is 0 Å². The molecule has 90 valence electrons. The lowest BCUT2D eigenvalue weighted by molar-refractivity contribution is 0.580. The van der Waals surface area contributed by atoms with Crippen LogP contribution in [0.5, 0.6) is 0 Å². The number of nitrogens with one attached hydrogen (secondary N) is 1. The highest BCUT2D eigenvalue weighted by Crippen LogP contribution is 2.35. The first-order chi connectivity index (χ1) is 7.40. The van der Waals surface area contributed by atoms with Gasteiger partial charge in [0.25, 0.3) is 0 Å². The largest absolute Gasteiger partial charge is 0.241 e. The maximum absolute atomic E-state index is 11.9. The third kappa shape index (κ3) is 3.29. The minimum Gasteiger partial charge on any atom is -0.211 e. The lowest BCUT2D eigenvalue weighted by atomic mass is 10.4. The summed E-state index contributed by atoms with van der Waals surface area (Å²) in [6.07, 6.45) is 0.758. The van der Waals surface area contributed by atoms with E-state index in [0.29, 0.717) is 15.5 Å². The molecule has 0 bridgehead atoms. The molecule has 0 saturated carbocycles. The van der Waals surface area contributed by atoms with Crippen LogP contribution in [-0.2, 0) is 10.0 Å². The topological polar surface area (TPSA) is 46.2 Å². The summed E-state index contributed by atoms with van der Waals surface area (Å²) in [4.78, 5) is 0.232. The van der Waals surface area contributed by atoms with Crippen molar-refractivity contribution in [1.82, 2.24) is 4.72 Å². The Morgan fingerprint density at radius 1 is 1.19 bits per heavy atom. The van der Waals surface area contributed by atoms with E-state index in [9.17, 15) is 8.42 Å². The highest BCUT2D eigenvalue weighted by Gasteiger charge is 2.19. The summed E-state index contributed by atoms with van der Waals surface area (Å²) < 4.78 is 28.3. The summed E-state index contributed by atoms with van der Waals surface area (Å²) in [5, 5.41) is 0. The van der Waals surface area contributed by atoms with Crippen molar-refractivity contribution in [3.05, 3.63) is 25.6 Å². The molecule has 0 amide bonds. The van der Waals surface area contributed by atoms with Crippen LogP contribution >= 0.6 is 47.8 Å². The molecule has 0 radical (unpaired) electrons. The van der Waals surface area contributed by atoms with Crippen molar-refractivity contribution in [3.8, 4) is 0 Å². The molecule has 0 unspecified atom stereocenters. The molecular weight excluding hydrogens is 426 g/mol. The molecule has 1 aromatic rings. The van der Waals surface area contributed by atoms with Crippen molar-refractivity contribution >= 4 is 57.8 Å². The minimum atomic E-state index is -3.44. The Morgan fingerprint density at radius 2 is 1.81 bits per heavy atom. The predicted octanol–water partition coefficient (Wildman–Crippen LogP) is 3.66. The highest BCUT2D eigenvalue weighted by atomic mass is 79.9. The van der Waals surface area contributed by atoms with Crippen LogP contribution in [0.25, 0.3) is 0 Å². The van der Waals surface area contributed by atoms with E-state index in [4.69, 9.17) is 0 Å². The number of hydrogen-bond donors (Lipinski definition) is 1. The second-order valence-electron chi connectivity index (χ2n) is 3.07. The van der Waals surface area contributed by atoms with Crippen molar-refractivity contribution in [2.24, 2.45) is 0 Å². The monoisotopic (exact) mass is 433 g/mol. The van der Waals surface area contributed by atoms with Gasteiger partial charge in [-0.3, -0.25) is 0 Å². The Morgan fingerprint density at radius 3 is 2.38 bits per heavy atom. The van der Waals surface area contributed by atoms with Crippen LogP contribution in [0.15, 0.2) is 30.4 Å². The molecule has 0 aliphatic heterocycles. The van der Waals surface area contributed by atoms with Gasteiger partial charge in [0, 0.05) is 15.5 Å². The minimum absolute atomic E-state index is 0.232. The van der Waals surface area contributed by atoms with Gasteiger partial charge >= 0.3 is 0 Å². The van der Waals surface area contributed by atoms with Crippen molar-refractivity contribution in [3.63, 3.8) is 0 Å². The van der Waals surface area contributed by atoms with Crippen molar-refractivity contribution in [1.29, 1.82) is 0 Å². The zero-order valence-corrected chi connectivity index (χ0v) is 14.0. The van der Waals surface area contributed by atoms with Crippen LogP contribution in [0.3, 0.4) is 0 Å². The van der Waals surface area contributed by atoms with Crippen LogP contribution in [0, 0.1) is 0 Å². The molecule has 1 rings (SSSR count). The molecule has 0 fully saturated rings. The Labute approximate surface area is 120 Å². The maximum atomic E-state index is 11.9. The van der Waals surface area contributed by atoms with E-state index in [2.05, 4.69) is 52.5 Å². The molecule has 1 aromatic carbocycles. The second kappa shape index (κ2) is 5.95. The van der Waals surface area contributed by atoms with Crippen molar-refractivity contribution in [2.45, 2.75) is 18.2 Å². The first-order valence-corrected chi connectivity index (χ1v) is 8.39. The van der Waals surface area contributed by atoms with Crippen molar-refractivity contribution in [2.75, 3.05) is 6.54 Å². The first kappa shape index (κ1) is 14.6.